The molecule has 1 N–H and O–H groups in total. The predicted molar refractivity (Wildman–Crippen MR) is 61.0 cm³/mol. The van der Waals surface area contributed by atoms with E-state index in [0.29, 0.717) is 5.92 Å². The van der Waals surface area contributed by atoms with Crippen LogP contribution in [0, 0.1) is 17.2 Å². The molecule has 82 valence electrons. The first-order valence-electron chi connectivity index (χ1n) is 5.83. The summed E-state index contributed by atoms with van der Waals surface area (Å²) in [5.74, 6) is 0.626. The molecule has 14 heavy (non-hydrogen) atoms. The fraction of sp³-hybridized carbons (Fsp3) is 0.917. The van der Waals surface area contributed by atoms with Crippen LogP contribution in [-0.2, 0) is 0 Å². The summed E-state index contributed by atoms with van der Waals surface area (Å²) in [6.07, 6.45) is 6.00. The number of hydrogen-bond acceptors (Lipinski definition) is 2. The van der Waals surface area contributed by atoms with Crippen molar-refractivity contribution in [1.82, 2.24) is 5.32 Å². The number of rotatable bonds is 8. The molecule has 0 saturated carbocycles. The highest BCUT2D eigenvalue weighted by Crippen LogP contribution is 2.05. The summed E-state index contributed by atoms with van der Waals surface area (Å²) < 4.78 is 0. The third-order valence-corrected chi connectivity index (χ3v) is 2.27. The molecule has 0 amide bonds. The Morgan fingerprint density at radius 3 is 2.43 bits per heavy atom. The highest BCUT2D eigenvalue weighted by Gasteiger charge is 2.06. The Kier molecular flexibility index (Phi) is 8.67. The lowest BCUT2D eigenvalue weighted by molar-refractivity contribution is 0.478. The van der Waals surface area contributed by atoms with Crippen LogP contribution in [0.1, 0.15) is 52.9 Å². The number of hydrogen-bond donors (Lipinski definition) is 1. The molecule has 0 fully saturated rings. The van der Waals surface area contributed by atoms with Crippen LogP contribution in [-0.4, -0.2) is 12.6 Å². The molecule has 0 spiro atoms. The van der Waals surface area contributed by atoms with Gasteiger partial charge in [0.25, 0.3) is 0 Å². The molecule has 2 nitrogen and oxygen atoms in total. The lowest BCUT2D eigenvalue weighted by Crippen LogP contribution is -2.30. The monoisotopic (exact) mass is 196 g/mol. The SMILES string of the molecule is CCCCCCC(C#N)NCC(C)C. The summed E-state index contributed by atoms with van der Waals surface area (Å²) in [6, 6.07) is 2.39. The standard InChI is InChI=1S/C12H24N2/c1-4-5-6-7-8-12(9-13)14-10-11(2)3/h11-12,14H,4-8,10H2,1-3H3. The van der Waals surface area contributed by atoms with Crippen LogP contribution in [0.25, 0.3) is 0 Å². The molecule has 0 aromatic rings. The van der Waals surface area contributed by atoms with Gasteiger partial charge in [0, 0.05) is 0 Å². The fourth-order valence-electron chi connectivity index (χ4n) is 1.37. The number of nitrogens with zero attached hydrogens (tertiary/aromatic N) is 1. The number of nitriles is 1. The first-order chi connectivity index (χ1) is 6.70. The smallest absolute Gasteiger partial charge is 0.0953 e. The highest BCUT2D eigenvalue weighted by molar-refractivity contribution is 4.89. The van der Waals surface area contributed by atoms with Crippen molar-refractivity contribution in [2.45, 2.75) is 58.9 Å². The Morgan fingerprint density at radius 1 is 1.21 bits per heavy atom. The molecule has 0 aliphatic rings. The molecule has 2 heteroatoms. The van der Waals surface area contributed by atoms with Gasteiger partial charge in [-0.3, -0.25) is 0 Å². The predicted octanol–water partition coefficient (Wildman–Crippen LogP) is 3.09. The molecule has 0 bridgehead atoms. The van der Waals surface area contributed by atoms with Crippen molar-refractivity contribution in [3.63, 3.8) is 0 Å². The van der Waals surface area contributed by atoms with Crippen LogP contribution < -0.4 is 5.32 Å². The zero-order valence-corrected chi connectivity index (χ0v) is 9.84. The summed E-state index contributed by atoms with van der Waals surface area (Å²) in [5, 5.41) is 12.2. The minimum absolute atomic E-state index is 0.0641. The topological polar surface area (TPSA) is 35.8 Å². The van der Waals surface area contributed by atoms with Crippen molar-refractivity contribution >= 4 is 0 Å². The third kappa shape index (κ3) is 8.07. The van der Waals surface area contributed by atoms with Crippen LogP contribution in [0.2, 0.25) is 0 Å². The van der Waals surface area contributed by atoms with E-state index in [1.54, 1.807) is 0 Å². The molecule has 0 aromatic heterocycles. The summed E-state index contributed by atoms with van der Waals surface area (Å²) in [4.78, 5) is 0. The first kappa shape index (κ1) is 13.4. The van der Waals surface area contributed by atoms with E-state index in [4.69, 9.17) is 5.26 Å². The van der Waals surface area contributed by atoms with Crippen LogP contribution in [0.5, 0.6) is 0 Å². The second kappa shape index (κ2) is 9.02. The molecule has 0 rings (SSSR count). The van der Waals surface area contributed by atoms with Crippen LogP contribution in [0.15, 0.2) is 0 Å². The van der Waals surface area contributed by atoms with E-state index in [1.807, 2.05) is 0 Å². The van der Waals surface area contributed by atoms with Crippen molar-refractivity contribution in [2.24, 2.45) is 5.92 Å². The van der Waals surface area contributed by atoms with Crippen molar-refractivity contribution in [3.05, 3.63) is 0 Å². The van der Waals surface area contributed by atoms with Crippen LogP contribution >= 0.6 is 0 Å². The number of nitrogens with one attached hydrogen (secondary N) is 1. The van der Waals surface area contributed by atoms with Gasteiger partial charge in [-0.1, -0.05) is 46.5 Å². The second-order valence-electron chi connectivity index (χ2n) is 4.33. The largest absolute Gasteiger partial charge is 0.302 e. The lowest BCUT2D eigenvalue weighted by Gasteiger charge is -2.12. The van der Waals surface area contributed by atoms with E-state index < -0.39 is 0 Å². The zero-order chi connectivity index (χ0) is 10.8. The molecule has 0 radical (unpaired) electrons. The van der Waals surface area contributed by atoms with Gasteiger partial charge in [0.05, 0.1) is 12.1 Å². The van der Waals surface area contributed by atoms with E-state index in [9.17, 15) is 0 Å². The van der Waals surface area contributed by atoms with E-state index >= 15 is 0 Å². The molecule has 0 aliphatic heterocycles. The normalized spacial score (nSPS) is 12.8. The van der Waals surface area contributed by atoms with E-state index in [-0.39, 0.29) is 6.04 Å². The van der Waals surface area contributed by atoms with Gasteiger partial charge in [-0.05, 0) is 18.9 Å². The van der Waals surface area contributed by atoms with Gasteiger partial charge in [-0.15, -0.1) is 0 Å². The van der Waals surface area contributed by atoms with Gasteiger partial charge < -0.3 is 5.32 Å². The molecule has 1 unspecified atom stereocenters. The highest BCUT2D eigenvalue weighted by atomic mass is 14.9. The van der Waals surface area contributed by atoms with Gasteiger partial charge >= 0.3 is 0 Å². The van der Waals surface area contributed by atoms with Gasteiger partial charge in [0.15, 0.2) is 0 Å². The summed E-state index contributed by atoms with van der Waals surface area (Å²) in [5.41, 5.74) is 0. The molecule has 0 saturated heterocycles. The van der Waals surface area contributed by atoms with Gasteiger partial charge in [-0.25, -0.2) is 0 Å². The molecule has 0 heterocycles. The quantitative estimate of drug-likeness (QED) is 0.605. The lowest BCUT2D eigenvalue weighted by atomic mass is 10.1. The van der Waals surface area contributed by atoms with Gasteiger partial charge in [0.2, 0.25) is 0 Å². The van der Waals surface area contributed by atoms with Crippen LogP contribution in [0.3, 0.4) is 0 Å². The second-order valence-corrected chi connectivity index (χ2v) is 4.33. The summed E-state index contributed by atoms with van der Waals surface area (Å²) >= 11 is 0. The van der Waals surface area contributed by atoms with Crippen LogP contribution in [0.4, 0.5) is 0 Å². The van der Waals surface area contributed by atoms with Crippen molar-refractivity contribution in [1.29, 1.82) is 5.26 Å². The fourth-order valence-corrected chi connectivity index (χ4v) is 1.37. The molecule has 1 atom stereocenters. The van der Waals surface area contributed by atoms with E-state index in [1.165, 1.54) is 25.7 Å². The summed E-state index contributed by atoms with van der Waals surface area (Å²) in [7, 11) is 0. The molecule has 0 aromatic carbocycles. The average molecular weight is 196 g/mol. The Hall–Kier alpha value is -0.550. The molecule has 0 aliphatic carbocycles. The van der Waals surface area contributed by atoms with E-state index in [0.717, 1.165) is 13.0 Å². The van der Waals surface area contributed by atoms with Crippen molar-refractivity contribution < 1.29 is 0 Å². The Bertz CT molecular complexity index is 158. The van der Waals surface area contributed by atoms with Crippen molar-refractivity contribution in [3.8, 4) is 6.07 Å². The molecular formula is C12H24N2. The Labute approximate surface area is 88.7 Å². The zero-order valence-electron chi connectivity index (χ0n) is 9.84. The maximum absolute atomic E-state index is 8.88. The minimum atomic E-state index is 0.0641. The Morgan fingerprint density at radius 2 is 1.93 bits per heavy atom. The Balaban J connectivity index is 3.44. The third-order valence-electron chi connectivity index (χ3n) is 2.27. The molecular weight excluding hydrogens is 172 g/mol. The average Bonchev–Trinajstić information content (AvgIpc) is 2.16. The van der Waals surface area contributed by atoms with Gasteiger partial charge in [-0.2, -0.15) is 5.26 Å². The maximum atomic E-state index is 8.88. The minimum Gasteiger partial charge on any atom is -0.302 e. The van der Waals surface area contributed by atoms with E-state index in [2.05, 4.69) is 32.2 Å². The first-order valence-corrected chi connectivity index (χ1v) is 5.83. The maximum Gasteiger partial charge on any atom is 0.0953 e. The number of unbranched alkanes of at least 4 members (excludes halogenated alkanes) is 3. The van der Waals surface area contributed by atoms with Gasteiger partial charge in [0.1, 0.15) is 0 Å². The summed E-state index contributed by atoms with van der Waals surface area (Å²) in [6.45, 7) is 7.49. The van der Waals surface area contributed by atoms with Crippen molar-refractivity contribution in [2.75, 3.05) is 6.54 Å².